The summed E-state index contributed by atoms with van der Waals surface area (Å²) in [6, 6.07) is 6.33. The molecule has 1 saturated carbocycles. The van der Waals surface area contributed by atoms with Crippen molar-refractivity contribution in [3.8, 4) is 0 Å². The lowest BCUT2D eigenvalue weighted by Crippen LogP contribution is -2.37. The highest BCUT2D eigenvalue weighted by Crippen LogP contribution is 2.23. The van der Waals surface area contributed by atoms with Gasteiger partial charge in [-0.2, -0.15) is 0 Å². The first kappa shape index (κ1) is 14.9. The Kier molecular flexibility index (Phi) is 5.01. The largest absolute Gasteiger partial charge is 0.399 e. The summed E-state index contributed by atoms with van der Waals surface area (Å²) in [6.07, 6.45) is 5.44. The average Bonchev–Trinajstić information content (AvgIpc) is 2.31. The average molecular weight is 275 g/mol. The monoisotopic (exact) mass is 275 g/mol. The van der Waals surface area contributed by atoms with Crippen LogP contribution in [0.3, 0.4) is 0 Å². The molecule has 0 unspecified atom stereocenters. The number of nitrogens with two attached hydrogens (primary N) is 1. The number of rotatable bonds is 6. The van der Waals surface area contributed by atoms with Crippen molar-refractivity contribution in [3.63, 3.8) is 0 Å². The standard InChI is InChI=1S/C16H25N3O/c1-12-8-9-13(17)11-15(12)18-16(20)7-4-10-19(2)14-5-3-6-14/h8-9,11,14H,3-7,10,17H2,1-2H3,(H,18,20). The van der Waals surface area contributed by atoms with Gasteiger partial charge in [0.15, 0.2) is 0 Å². The molecule has 1 aromatic carbocycles. The number of carbonyl (C=O) groups excluding carboxylic acids is 1. The Morgan fingerprint density at radius 2 is 2.20 bits per heavy atom. The number of aryl methyl sites for hydroxylation is 1. The van der Waals surface area contributed by atoms with Crippen molar-refractivity contribution in [1.82, 2.24) is 4.90 Å². The third kappa shape index (κ3) is 3.97. The number of carbonyl (C=O) groups is 1. The molecule has 3 N–H and O–H groups in total. The maximum Gasteiger partial charge on any atom is 0.224 e. The third-order valence-electron chi connectivity index (χ3n) is 4.15. The molecule has 0 aromatic heterocycles. The summed E-state index contributed by atoms with van der Waals surface area (Å²) >= 11 is 0. The van der Waals surface area contributed by atoms with Crippen LogP contribution in [0.1, 0.15) is 37.7 Å². The fourth-order valence-electron chi connectivity index (χ4n) is 2.49. The van der Waals surface area contributed by atoms with E-state index in [-0.39, 0.29) is 5.91 Å². The second kappa shape index (κ2) is 6.75. The highest BCUT2D eigenvalue weighted by Gasteiger charge is 2.21. The molecule has 0 saturated heterocycles. The number of anilines is 2. The predicted octanol–water partition coefficient (Wildman–Crippen LogP) is 2.78. The van der Waals surface area contributed by atoms with Crippen molar-refractivity contribution < 1.29 is 4.79 Å². The molecular formula is C16H25N3O. The number of hydrogen-bond donors (Lipinski definition) is 2. The summed E-state index contributed by atoms with van der Waals surface area (Å²) in [4.78, 5) is 14.3. The van der Waals surface area contributed by atoms with Crippen LogP contribution in [0.4, 0.5) is 11.4 Å². The first-order valence-electron chi connectivity index (χ1n) is 7.42. The van der Waals surface area contributed by atoms with Crippen molar-refractivity contribution in [2.24, 2.45) is 0 Å². The summed E-state index contributed by atoms with van der Waals surface area (Å²) in [6.45, 7) is 2.97. The molecule has 0 bridgehead atoms. The molecule has 0 heterocycles. The van der Waals surface area contributed by atoms with Gasteiger partial charge in [-0.3, -0.25) is 4.79 Å². The van der Waals surface area contributed by atoms with E-state index in [1.54, 1.807) is 0 Å². The molecule has 1 amide bonds. The normalized spacial score (nSPS) is 15.2. The molecule has 1 aromatic rings. The highest BCUT2D eigenvalue weighted by atomic mass is 16.1. The Balaban J connectivity index is 1.73. The van der Waals surface area contributed by atoms with E-state index in [2.05, 4.69) is 17.3 Å². The molecule has 0 aliphatic heterocycles. The van der Waals surface area contributed by atoms with Gasteiger partial charge in [-0.05, 0) is 57.5 Å². The quantitative estimate of drug-likeness (QED) is 0.785. The molecule has 4 heteroatoms. The smallest absolute Gasteiger partial charge is 0.224 e. The number of benzene rings is 1. The minimum atomic E-state index is 0.0701. The third-order valence-corrected chi connectivity index (χ3v) is 4.15. The SMILES string of the molecule is Cc1ccc(N)cc1NC(=O)CCCN(C)C1CCC1. The van der Waals surface area contributed by atoms with Crippen molar-refractivity contribution in [2.75, 3.05) is 24.6 Å². The van der Waals surface area contributed by atoms with Crippen LogP contribution in [0.2, 0.25) is 0 Å². The van der Waals surface area contributed by atoms with Crippen molar-refractivity contribution >= 4 is 17.3 Å². The maximum atomic E-state index is 11.9. The summed E-state index contributed by atoms with van der Waals surface area (Å²) in [5.41, 5.74) is 8.28. The summed E-state index contributed by atoms with van der Waals surface area (Å²) in [7, 11) is 2.16. The van der Waals surface area contributed by atoms with Gasteiger partial charge in [-0.25, -0.2) is 0 Å². The number of amides is 1. The maximum absolute atomic E-state index is 11.9. The van der Waals surface area contributed by atoms with Crippen LogP contribution < -0.4 is 11.1 Å². The Hall–Kier alpha value is -1.55. The van der Waals surface area contributed by atoms with Gasteiger partial charge in [0.1, 0.15) is 0 Å². The van der Waals surface area contributed by atoms with Crippen molar-refractivity contribution in [2.45, 2.75) is 45.1 Å². The van der Waals surface area contributed by atoms with Crippen molar-refractivity contribution in [3.05, 3.63) is 23.8 Å². The summed E-state index contributed by atoms with van der Waals surface area (Å²) in [5.74, 6) is 0.0701. The van der Waals surface area contributed by atoms with Crippen LogP contribution in [0.5, 0.6) is 0 Å². The molecule has 0 spiro atoms. The van der Waals surface area contributed by atoms with E-state index in [0.717, 1.165) is 30.3 Å². The Morgan fingerprint density at radius 3 is 2.85 bits per heavy atom. The van der Waals surface area contributed by atoms with Crippen LogP contribution in [-0.4, -0.2) is 30.4 Å². The highest BCUT2D eigenvalue weighted by molar-refractivity contribution is 5.91. The lowest BCUT2D eigenvalue weighted by atomic mass is 9.92. The van der Waals surface area contributed by atoms with Gasteiger partial charge in [0.2, 0.25) is 5.91 Å². The predicted molar refractivity (Wildman–Crippen MR) is 83.7 cm³/mol. The number of nitrogens with zero attached hydrogens (tertiary/aromatic N) is 1. The Labute approximate surface area is 121 Å². The number of nitrogen functional groups attached to an aromatic ring is 1. The van der Waals surface area contributed by atoms with E-state index < -0.39 is 0 Å². The molecule has 4 nitrogen and oxygen atoms in total. The van der Waals surface area contributed by atoms with Gasteiger partial charge in [-0.1, -0.05) is 12.5 Å². The first-order valence-corrected chi connectivity index (χ1v) is 7.42. The van der Waals surface area contributed by atoms with Gasteiger partial charge in [0.25, 0.3) is 0 Å². The lowest BCUT2D eigenvalue weighted by molar-refractivity contribution is -0.116. The van der Waals surface area contributed by atoms with Crippen LogP contribution in [-0.2, 0) is 4.79 Å². The molecular weight excluding hydrogens is 250 g/mol. The van der Waals surface area contributed by atoms with Crippen molar-refractivity contribution in [1.29, 1.82) is 0 Å². The second-order valence-corrected chi connectivity index (χ2v) is 5.79. The number of nitrogens with one attached hydrogen (secondary N) is 1. The van der Waals surface area contributed by atoms with Crippen LogP contribution in [0.25, 0.3) is 0 Å². The van der Waals surface area contributed by atoms with E-state index in [9.17, 15) is 4.79 Å². The molecule has 20 heavy (non-hydrogen) atoms. The fourth-order valence-corrected chi connectivity index (χ4v) is 2.49. The van der Waals surface area contributed by atoms with E-state index in [4.69, 9.17) is 5.73 Å². The zero-order chi connectivity index (χ0) is 14.5. The molecule has 1 fully saturated rings. The van der Waals surface area contributed by atoms with E-state index in [1.165, 1.54) is 19.3 Å². The zero-order valence-electron chi connectivity index (χ0n) is 12.5. The van der Waals surface area contributed by atoms with E-state index in [1.807, 2.05) is 25.1 Å². The minimum Gasteiger partial charge on any atom is -0.399 e. The molecule has 110 valence electrons. The second-order valence-electron chi connectivity index (χ2n) is 5.79. The van der Waals surface area contributed by atoms with E-state index in [0.29, 0.717) is 12.1 Å². The molecule has 0 radical (unpaired) electrons. The molecule has 2 rings (SSSR count). The number of hydrogen-bond acceptors (Lipinski definition) is 3. The molecule has 1 aliphatic carbocycles. The topological polar surface area (TPSA) is 58.4 Å². The first-order chi connectivity index (χ1) is 9.56. The van der Waals surface area contributed by atoms with Crippen LogP contribution in [0.15, 0.2) is 18.2 Å². The Morgan fingerprint density at radius 1 is 1.45 bits per heavy atom. The van der Waals surface area contributed by atoms with Gasteiger partial charge in [-0.15, -0.1) is 0 Å². The summed E-state index contributed by atoms with van der Waals surface area (Å²) < 4.78 is 0. The van der Waals surface area contributed by atoms with Gasteiger partial charge < -0.3 is 16.0 Å². The van der Waals surface area contributed by atoms with E-state index >= 15 is 0 Å². The van der Waals surface area contributed by atoms with Crippen LogP contribution in [0, 0.1) is 6.92 Å². The van der Waals surface area contributed by atoms with Crippen LogP contribution >= 0.6 is 0 Å². The molecule has 1 aliphatic rings. The molecule has 0 atom stereocenters. The summed E-state index contributed by atoms with van der Waals surface area (Å²) in [5, 5.41) is 2.94. The minimum absolute atomic E-state index is 0.0701. The van der Waals surface area contributed by atoms with Gasteiger partial charge in [0, 0.05) is 23.8 Å². The zero-order valence-corrected chi connectivity index (χ0v) is 12.5. The Bertz CT molecular complexity index is 469. The van der Waals surface area contributed by atoms with Gasteiger partial charge >= 0.3 is 0 Å². The fraction of sp³-hybridized carbons (Fsp3) is 0.562. The lowest BCUT2D eigenvalue weighted by Gasteiger charge is -2.34. The van der Waals surface area contributed by atoms with Gasteiger partial charge in [0.05, 0.1) is 0 Å².